The number of rotatable bonds is 6. The lowest BCUT2D eigenvalue weighted by atomic mass is 10.1. The second-order valence-electron chi connectivity index (χ2n) is 3.93. The number of benzene rings is 1. The fraction of sp³-hybridized carbons (Fsp3) is 0.308. The van der Waals surface area contributed by atoms with Crippen LogP contribution in [0.5, 0.6) is 0 Å². The number of carboxylic acids is 1. The monoisotopic (exact) mass is 264 g/mol. The number of urea groups is 1. The summed E-state index contributed by atoms with van der Waals surface area (Å²) in [4.78, 5) is 32.7. The number of imide groups is 1. The summed E-state index contributed by atoms with van der Waals surface area (Å²) in [5.74, 6) is -1.67. The van der Waals surface area contributed by atoms with Gasteiger partial charge in [0.15, 0.2) is 0 Å². The standard InChI is InChI=1S/C13H16N2O4/c16-11(6-7-12(17)18)15-13(19)14-9-8-10-4-2-1-3-5-10/h1-5H,6-9H2,(H,17,18)(H2,14,15,16,19). The summed E-state index contributed by atoms with van der Waals surface area (Å²) in [6, 6.07) is 9.00. The van der Waals surface area contributed by atoms with Crippen LogP contribution >= 0.6 is 0 Å². The molecular formula is C13H16N2O4. The number of amides is 3. The Bertz CT molecular complexity index is 445. The molecule has 0 radical (unpaired) electrons. The van der Waals surface area contributed by atoms with E-state index in [-0.39, 0.29) is 12.8 Å². The van der Waals surface area contributed by atoms with Crippen LogP contribution in [0.4, 0.5) is 4.79 Å². The smallest absolute Gasteiger partial charge is 0.321 e. The zero-order chi connectivity index (χ0) is 14.1. The molecule has 6 heteroatoms. The minimum atomic E-state index is -1.07. The zero-order valence-corrected chi connectivity index (χ0v) is 10.4. The third kappa shape index (κ3) is 6.82. The highest BCUT2D eigenvalue weighted by atomic mass is 16.4. The summed E-state index contributed by atoms with van der Waals surface area (Å²) >= 11 is 0. The molecule has 1 aromatic carbocycles. The first-order chi connectivity index (χ1) is 9.08. The van der Waals surface area contributed by atoms with Gasteiger partial charge in [-0.2, -0.15) is 0 Å². The maximum Gasteiger partial charge on any atom is 0.321 e. The van der Waals surface area contributed by atoms with Gasteiger partial charge in [-0.1, -0.05) is 30.3 Å². The van der Waals surface area contributed by atoms with E-state index in [9.17, 15) is 14.4 Å². The number of aliphatic carboxylic acids is 1. The molecule has 6 nitrogen and oxygen atoms in total. The molecule has 1 aromatic rings. The number of carbonyl (C=O) groups is 3. The first-order valence-corrected chi connectivity index (χ1v) is 5.91. The SMILES string of the molecule is O=C(O)CCC(=O)NC(=O)NCCc1ccccc1. The van der Waals surface area contributed by atoms with E-state index in [0.717, 1.165) is 5.56 Å². The second kappa shape index (κ2) is 7.86. The fourth-order valence-electron chi connectivity index (χ4n) is 1.42. The molecule has 3 N–H and O–H groups in total. The van der Waals surface area contributed by atoms with E-state index in [2.05, 4.69) is 10.6 Å². The molecule has 0 spiro atoms. The molecule has 0 unspecified atom stereocenters. The molecule has 0 bridgehead atoms. The van der Waals surface area contributed by atoms with E-state index in [1.54, 1.807) is 0 Å². The van der Waals surface area contributed by atoms with Gasteiger partial charge >= 0.3 is 12.0 Å². The minimum Gasteiger partial charge on any atom is -0.481 e. The Morgan fingerprint density at radius 3 is 2.37 bits per heavy atom. The second-order valence-corrected chi connectivity index (χ2v) is 3.93. The van der Waals surface area contributed by atoms with Crippen LogP contribution in [0.1, 0.15) is 18.4 Å². The normalized spacial score (nSPS) is 9.68. The Labute approximate surface area is 110 Å². The van der Waals surface area contributed by atoms with Gasteiger partial charge in [0.25, 0.3) is 0 Å². The Balaban J connectivity index is 2.17. The summed E-state index contributed by atoms with van der Waals surface area (Å²) in [6.45, 7) is 0.405. The average molecular weight is 264 g/mol. The van der Waals surface area contributed by atoms with Crippen LogP contribution < -0.4 is 10.6 Å². The molecule has 0 aliphatic heterocycles. The van der Waals surface area contributed by atoms with Gasteiger partial charge in [-0.15, -0.1) is 0 Å². The molecule has 0 heterocycles. The maximum atomic E-state index is 11.3. The third-order valence-corrected chi connectivity index (χ3v) is 2.36. The number of nitrogens with one attached hydrogen (secondary N) is 2. The van der Waals surface area contributed by atoms with Crippen LogP contribution in [-0.2, 0) is 16.0 Å². The van der Waals surface area contributed by atoms with Crippen LogP contribution in [0.25, 0.3) is 0 Å². The lowest BCUT2D eigenvalue weighted by Crippen LogP contribution is -2.40. The summed E-state index contributed by atoms with van der Waals surface area (Å²) in [5.41, 5.74) is 1.08. The molecule has 0 saturated carbocycles. The molecule has 0 aliphatic carbocycles. The van der Waals surface area contributed by atoms with Crippen molar-refractivity contribution in [2.24, 2.45) is 0 Å². The average Bonchev–Trinajstić information content (AvgIpc) is 2.37. The predicted octanol–water partition coefficient (Wildman–Crippen LogP) is 0.920. The van der Waals surface area contributed by atoms with Crippen molar-refractivity contribution >= 4 is 17.9 Å². The van der Waals surface area contributed by atoms with E-state index < -0.39 is 17.9 Å². The summed E-state index contributed by atoms with van der Waals surface area (Å²) in [6.07, 6.45) is 0.169. The van der Waals surface area contributed by atoms with E-state index in [4.69, 9.17) is 5.11 Å². The Morgan fingerprint density at radius 1 is 1.05 bits per heavy atom. The first-order valence-electron chi connectivity index (χ1n) is 5.91. The highest BCUT2D eigenvalue weighted by Gasteiger charge is 2.08. The van der Waals surface area contributed by atoms with Crippen molar-refractivity contribution in [3.8, 4) is 0 Å². The summed E-state index contributed by atoms with van der Waals surface area (Å²) in [7, 11) is 0. The molecule has 3 amide bonds. The van der Waals surface area contributed by atoms with Crippen LogP contribution in [0.15, 0.2) is 30.3 Å². The molecule has 102 valence electrons. The van der Waals surface area contributed by atoms with Gasteiger partial charge in [0, 0.05) is 13.0 Å². The van der Waals surface area contributed by atoms with Crippen molar-refractivity contribution in [2.75, 3.05) is 6.54 Å². The topological polar surface area (TPSA) is 95.5 Å². The quantitative estimate of drug-likeness (QED) is 0.712. The van der Waals surface area contributed by atoms with Gasteiger partial charge in [-0.25, -0.2) is 4.79 Å². The van der Waals surface area contributed by atoms with Gasteiger partial charge < -0.3 is 10.4 Å². The molecule has 1 rings (SSSR count). The van der Waals surface area contributed by atoms with Gasteiger partial charge in [-0.3, -0.25) is 14.9 Å². The van der Waals surface area contributed by atoms with Crippen molar-refractivity contribution in [1.82, 2.24) is 10.6 Å². The predicted molar refractivity (Wildman–Crippen MR) is 68.6 cm³/mol. The van der Waals surface area contributed by atoms with Gasteiger partial charge in [0.1, 0.15) is 0 Å². The van der Waals surface area contributed by atoms with E-state index in [1.807, 2.05) is 30.3 Å². The fourth-order valence-corrected chi connectivity index (χ4v) is 1.42. The van der Waals surface area contributed by atoms with Gasteiger partial charge in [0.05, 0.1) is 6.42 Å². The zero-order valence-electron chi connectivity index (χ0n) is 10.4. The summed E-state index contributed by atoms with van der Waals surface area (Å²) < 4.78 is 0. The molecule has 0 aromatic heterocycles. The van der Waals surface area contributed by atoms with Gasteiger partial charge in [-0.05, 0) is 12.0 Å². The van der Waals surface area contributed by atoms with E-state index in [0.29, 0.717) is 13.0 Å². The summed E-state index contributed by atoms with van der Waals surface area (Å²) in [5, 5.41) is 13.0. The highest BCUT2D eigenvalue weighted by Crippen LogP contribution is 1.98. The third-order valence-electron chi connectivity index (χ3n) is 2.36. The van der Waals surface area contributed by atoms with Crippen LogP contribution in [0.3, 0.4) is 0 Å². The van der Waals surface area contributed by atoms with Crippen molar-refractivity contribution in [3.63, 3.8) is 0 Å². The molecule has 0 fully saturated rings. The van der Waals surface area contributed by atoms with Crippen LogP contribution in [0, 0.1) is 0 Å². The minimum absolute atomic E-state index is 0.207. The first kappa shape index (κ1) is 14.7. The Morgan fingerprint density at radius 2 is 1.74 bits per heavy atom. The largest absolute Gasteiger partial charge is 0.481 e. The molecule has 0 atom stereocenters. The Kier molecular flexibility index (Phi) is 6.08. The highest BCUT2D eigenvalue weighted by molar-refractivity contribution is 5.95. The van der Waals surface area contributed by atoms with Gasteiger partial charge in [0.2, 0.25) is 5.91 Å². The van der Waals surface area contributed by atoms with Crippen LogP contribution in [0.2, 0.25) is 0 Å². The maximum absolute atomic E-state index is 11.3. The van der Waals surface area contributed by atoms with Crippen molar-refractivity contribution < 1.29 is 19.5 Å². The van der Waals surface area contributed by atoms with Crippen molar-refractivity contribution in [3.05, 3.63) is 35.9 Å². The number of hydrogen-bond donors (Lipinski definition) is 3. The van der Waals surface area contributed by atoms with Crippen LogP contribution in [-0.4, -0.2) is 29.6 Å². The molecule has 19 heavy (non-hydrogen) atoms. The molecule has 0 aliphatic rings. The number of carboxylic acid groups (broad SMARTS) is 1. The Hall–Kier alpha value is -2.37. The van der Waals surface area contributed by atoms with Crippen molar-refractivity contribution in [2.45, 2.75) is 19.3 Å². The lowest BCUT2D eigenvalue weighted by Gasteiger charge is -2.06. The molecule has 0 saturated heterocycles. The van der Waals surface area contributed by atoms with E-state index in [1.165, 1.54) is 0 Å². The number of carbonyl (C=O) groups excluding carboxylic acids is 2. The number of hydrogen-bond acceptors (Lipinski definition) is 3. The van der Waals surface area contributed by atoms with E-state index >= 15 is 0 Å². The van der Waals surface area contributed by atoms with Crippen molar-refractivity contribution in [1.29, 1.82) is 0 Å². The lowest BCUT2D eigenvalue weighted by molar-refractivity contribution is -0.138. The molecular weight excluding hydrogens is 248 g/mol.